The van der Waals surface area contributed by atoms with Gasteiger partial charge in [-0.2, -0.15) is 18.2 Å². The third kappa shape index (κ3) is 5.75. The number of aliphatic carboxylic acids is 1. The molecule has 0 radical (unpaired) electrons. The second-order valence-corrected chi connectivity index (χ2v) is 7.12. The molecule has 1 N–H and O–H groups in total. The number of benzene rings is 2. The Morgan fingerprint density at radius 3 is 2.26 bits per heavy atom. The normalized spacial score (nSPS) is 12.5. The van der Waals surface area contributed by atoms with Gasteiger partial charge in [-0.1, -0.05) is 30.3 Å². The Bertz CT molecular complexity index is 943. The number of anilines is 1. The first-order valence-corrected chi connectivity index (χ1v) is 9.51. The van der Waals surface area contributed by atoms with Crippen molar-refractivity contribution in [2.75, 3.05) is 12.2 Å². The number of carbonyl (C=O) groups is 2. The largest absolute Gasteiger partial charge is 0.488 e. The van der Waals surface area contributed by atoms with Gasteiger partial charge in [-0.25, -0.2) is 0 Å². The molecule has 1 atom stereocenters. The summed E-state index contributed by atoms with van der Waals surface area (Å²) < 4.78 is 45.7. The van der Waals surface area contributed by atoms with Crippen molar-refractivity contribution < 1.29 is 37.4 Å². The molecule has 0 aliphatic carbocycles. The van der Waals surface area contributed by atoms with E-state index in [2.05, 4.69) is 0 Å². The SMILES string of the molecule is CON(C(=O)Cc1ccccc1C(F)(F)F)c1cccc(C(C)C(=O)O)c1OC(C)C. The molecule has 2 rings (SSSR count). The molecule has 31 heavy (non-hydrogen) atoms. The predicted molar refractivity (Wildman–Crippen MR) is 108 cm³/mol. The zero-order valence-corrected chi connectivity index (χ0v) is 17.6. The molecule has 0 fully saturated rings. The number of hydroxylamine groups is 1. The van der Waals surface area contributed by atoms with Gasteiger partial charge in [0.25, 0.3) is 5.91 Å². The highest BCUT2D eigenvalue weighted by Gasteiger charge is 2.34. The fourth-order valence-electron chi connectivity index (χ4n) is 3.06. The summed E-state index contributed by atoms with van der Waals surface area (Å²) in [6.07, 6.45) is -5.55. The van der Waals surface area contributed by atoms with Crippen LogP contribution in [0.5, 0.6) is 5.75 Å². The number of carboxylic acid groups (broad SMARTS) is 1. The molecule has 0 aromatic heterocycles. The van der Waals surface area contributed by atoms with Crippen LogP contribution in [0.4, 0.5) is 18.9 Å². The fraction of sp³-hybridized carbons (Fsp3) is 0.364. The van der Waals surface area contributed by atoms with E-state index in [1.165, 1.54) is 44.4 Å². The molecule has 1 amide bonds. The first-order chi connectivity index (χ1) is 14.5. The summed E-state index contributed by atoms with van der Waals surface area (Å²) in [4.78, 5) is 29.6. The summed E-state index contributed by atoms with van der Waals surface area (Å²) in [5.41, 5.74) is -0.699. The molecule has 0 saturated heterocycles. The number of hydrogen-bond acceptors (Lipinski definition) is 4. The van der Waals surface area contributed by atoms with E-state index in [-0.39, 0.29) is 23.1 Å². The van der Waals surface area contributed by atoms with Crippen LogP contribution in [0, 0.1) is 0 Å². The average Bonchev–Trinajstić information content (AvgIpc) is 2.68. The Morgan fingerprint density at radius 1 is 1.06 bits per heavy atom. The maximum absolute atomic E-state index is 13.3. The number of halogens is 3. The van der Waals surface area contributed by atoms with E-state index in [0.717, 1.165) is 11.1 Å². The molecule has 1 unspecified atom stereocenters. The van der Waals surface area contributed by atoms with Gasteiger partial charge in [0, 0.05) is 5.56 Å². The molecule has 2 aromatic rings. The number of amides is 1. The van der Waals surface area contributed by atoms with E-state index in [9.17, 15) is 27.9 Å². The fourth-order valence-corrected chi connectivity index (χ4v) is 3.06. The van der Waals surface area contributed by atoms with Crippen LogP contribution in [-0.2, 0) is 27.0 Å². The van der Waals surface area contributed by atoms with Crippen molar-refractivity contribution in [1.29, 1.82) is 0 Å². The number of rotatable bonds is 8. The van der Waals surface area contributed by atoms with E-state index < -0.39 is 36.0 Å². The molecular weight excluding hydrogens is 415 g/mol. The zero-order valence-electron chi connectivity index (χ0n) is 17.6. The highest BCUT2D eigenvalue weighted by molar-refractivity contribution is 5.95. The second-order valence-electron chi connectivity index (χ2n) is 7.12. The van der Waals surface area contributed by atoms with E-state index in [4.69, 9.17) is 9.57 Å². The molecule has 0 aliphatic rings. The van der Waals surface area contributed by atoms with Gasteiger partial charge in [-0.15, -0.1) is 0 Å². The lowest BCUT2D eigenvalue weighted by molar-refractivity contribution is -0.139. The van der Waals surface area contributed by atoms with Crippen molar-refractivity contribution in [1.82, 2.24) is 0 Å². The van der Waals surface area contributed by atoms with Gasteiger partial charge >= 0.3 is 12.1 Å². The summed E-state index contributed by atoms with van der Waals surface area (Å²) in [6, 6.07) is 9.35. The standard InChI is InChI=1S/C22H24F3NO5/c1-13(2)31-20-16(14(3)21(28)29)9-7-11-18(20)26(30-4)19(27)12-15-8-5-6-10-17(15)22(23,24)25/h5-11,13-14H,12H2,1-4H3,(H,28,29). The van der Waals surface area contributed by atoms with Gasteiger partial charge in [-0.3, -0.25) is 14.4 Å². The lowest BCUT2D eigenvalue weighted by Gasteiger charge is -2.26. The smallest absolute Gasteiger partial charge is 0.416 e. The maximum Gasteiger partial charge on any atom is 0.416 e. The summed E-state index contributed by atoms with van der Waals surface area (Å²) in [7, 11) is 1.19. The minimum absolute atomic E-state index is 0.108. The molecule has 0 saturated carbocycles. The van der Waals surface area contributed by atoms with Gasteiger partial charge in [-0.05, 0) is 38.5 Å². The van der Waals surface area contributed by atoms with Gasteiger partial charge in [0.05, 0.1) is 31.1 Å². The summed E-state index contributed by atoms with van der Waals surface area (Å²) in [6.45, 7) is 4.92. The van der Waals surface area contributed by atoms with Crippen LogP contribution in [0.2, 0.25) is 0 Å². The molecule has 0 aliphatic heterocycles. The number of hydrogen-bond donors (Lipinski definition) is 1. The van der Waals surface area contributed by atoms with E-state index in [0.29, 0.717) is 5.56 Å². The Morgan fingerprint density at radius 2 is 1.71 bits per heavy atom. The van der Waals surface area contributed by atoms with Gasteiger partial charge in [0.2, 0.25) is 0 Å². The summed E-state index contributed by atoms with van der Waals surface area (Å²) in [5, 5.41) is 10.2. The molecule has 0 bridgehead atoms. The summed E-state index contributed by atoms with van der Waals surface area (Å²) in [5.74, 6) is -2.70. The van der Waals surface area contributed by atoms with E-state index in [1.807, 2.05) is 0 Å². The molecule has 0 heterocycles. The van der Waals surface area contributed by atoms with Crippen molar-refractivity contribution in [3.8, 4) is 5.75 Å². The van der Waals surface area contributed by atoms with Crippen molar-refractivity contribution >= 4 is 17.6 Å². The van der Waals surface area contributed by atoms with Crippen LogP contribution < -0.4 is 9.80 Å². The van der Waals surface area contributed by atoms with Gasteiger partial charge in [0.1, 0.15) is 11.4 Å². The number of carbonyl (C=O) groups excluding carboxylic acids is 1. The maximum atomic E-state index is 13.3. The van der Waals surface area contributed by atoms with Crippen LogP contribution in [0.25, 0.3) is 0 Å². The minimum atomic E-state index is -4.61. The second kappa shape index (κ2) is 9.82. The monoisotopic (exact) mass is 439 g/mol. The van der Waals surface area contributed by atoms with Crippen LogP contribution in [-0.4, -0.2) is 30.2 Å². The molecular formula is C22H24F3NO5. The third-order valence-electron chi connectivity index (χ3n) is 4.51. The quantitative estimate of drug-likeness (QED) is 0.597. The number of nitrogens with zero attached hydrogens (tertiary/aromatic N) is 1. The lowest BCUT2D eigenvalue weighted by Crippen LogP contribution is -2.32. The molecule has 0 spiro atoms. The Hall–Kier alpha value is -3.07. The van der Waals surface area contributed by atoms with E-state index in [1.54, 1.807) is 19.9 Å². The summed E-state index contributed by atoms with van der Waals surface area (Å²) >= 11 is 0. The van der Waals surface area contributed by atoms with E-state index >= 15 is 0 Å². The molecule has 2 aromatic carbocycles. The highest BCUT2D eigenvalue weighted by Crippen LogP contribution is 2.38. The number of ether oxygens (including phenoxy) is 1. The number of para-hydroxylation sites is 1. The third-order valence-corrected chi connectivity index (χ3v) is 4.51. The number of alkyl halides is 3. The molecule has 168 valence electrons. The molecule has 6 nitrogen and oxygen atoms in total. The molecule has 9 heteroatoms. The van der Waals surface area contributed by atoms with Crippen LogP contribution in [0.15, 0.2) is 42.5 Å². The zero-order chi connectivity index (χ0) is 23.3. The van der Waals surface area contributed by atoms with Crippen molar-refractivity contribution in [2.24, 2.45) is 0 Å². The van der Waals surface area contributed by atoms with Crippen molar-refractivity contribution in [2.45, 2.75) is 45.4 Å². The van der Waals surface area contributed by atoms with Crippen molar-refractivity contribution in [3.63, 3.8) is 0 Å². The Balaban J connectivity index is 2.50. The van der Waals surface area contributed by atoms with Crippen LogP contribution >= 0.6 is 0 Å². The highest BCUT2D eigenvalue weighted by atomic mass is 19.4. The number of carboxylic acids is 1. The van der Waals surface area contributed by atoms with Crippen LogP contribution in [0.3, 0.4) is 0 Å². The van der Waals surface area contributed by atoms with Gasteiger partial charge in [0.15, 0.2) is 0 Å². The average molecular weight is 439 g/mol. The lowest BCUT2D eigenvalue weighted by atomic mass is 9.99. The van der Waals surface area contributed by atoms with Crippen LogP contribution in [0.1, 0.15) is 43.4 Å². The first kappa shape index (κ1) is 24.2. The topological polar surface area (TPSA) is 76.1 Å². The minimum Gasteiger partial charge on any atom is -0.488 e. The Kier molecular flexibility index (Phi) is 7.67. The Labute approximate surface area is 178 Å². The first-order valence-electron chi connectivity index (χ1n) is 9.51. The van der Waals surface area contributed by atoms with Gasteiger partial charge < -0.3 is 9.84 Å². The van der Waals surface area contributed by atoms with Crippen molar-refractivity contribution in [3.05, 3.63) is 59.2 Å². The predicted octanol–water partition coefficient (Wildman–Crippen LogP) is 4.82.